The molecule has 0 saturated carbocycles. The number of pyridine rings is 1. The molecule has 3 rings (SSSR count). The van der Waals surface area contributed by atoms with Gasteiger partial charge < -0.3 is 20.2 Å². The molecule has 0 aliphatic carbocycles. The Morgan fingerprint density at radius 1 is 1.33 bits per heavy atom. The third-order valence-corrected chi connectivity index (χ3v) is 4.71. The molecule has 0 bridgehead atoms. The van der Waals surface area contributed by atoms with E-state index in [-0.39, 0.29) is 6.04 Å². The van der Waals surface area contributed by atoms with E-state index < -0.39 is 0 Å². The molecular weight excluding hydrogens is 326 g/mol. The molecule has 3 heterocycles. The molecule has 24 heavy (non-hydrogen) atoms. The third kappa shape index (κ3) is 4.94. The zero-order valence-corrected chi connectivity index (χ0v) is 15.2. The first-order chi connectivity index (χ1) is 11.5. The molecule has 0 radical (unpaired) electrons. The lowest BCUT2D eigenvalue weighted by Gasteiger charge is -2.31. The van der Waals surface area contributed by atoms with Crippen molar-refractivity contribution in [1.29, 1.82) is 0 Å². The van der Waals surface area contributed by atoms with Crippen LogP contribution in [0.25, 0.3) is 10.9 Å². The van der Waals surface area contributed by atoms with Gasteiger partial charge in [0.15, 0.2) is 0 Å². The van der Waals surface area contributed by atoms with Crippen LogP contribution in [-0.2, 0) is 4.79 Å². The fourth-order valence-electron chi connectivity index (χ4n) is 2.24. The second-order valence-corrected chi connectivity index (χ2v) is 6.78. The Morgan fingerprint density at radius 3 is 2.58 bits per heavy atom. The Morgan fingerprint density at radius 2 is 2.00 bits per heavy atom. The molecule has 132 valence electrons. The molecule has 0 aromatic carbocycles. The number of carbonyl (C=O) groups excluding carboxylic acids is 1. The normalized spacial score (nSPS) is 17.2. The van der Waals surface area contributed by atoms with Crippen molar-refractivity contribution in [2.24, 2.45) is 5.73 Å². The second kappa shape index (κ2) is 9.03. The van der Waals surface area contributed by atoms with Gasteiger partial charge in [0.25, 0.3) is 0 Å². The Hall–Kier alpha value is -1.61. The number of nitrogens with zero attached hydrogens (tertiary/aromatic N) is 4. The van der Waals surface area contributed by atoms with Crippen LogP contribution < -0.4 is 10.5 Å². The van der Waals surface area contributed by atoms with Crippen molar-refractivity contribution in [3.8, 4) is 5.88 Å². The van der Waals surface area contributed by atoms with Gasteiger partial charge in [-0.1, -0.05) is 0 Å². The SMILES string of the molecule is CC(N)C=O.COc1nccc2c1ccn2SN1CCN(C)CC1. The van der Waals surface area contributed by atoms with E-state index in [1.54, 1.807) is 32.4 Å². The zero-order chi connectivity index (χ0) is 17.5. The Kier molecular flexibility index (Phi) is 7.04. The third-order valence-electron chi connectivity index (χ3n) is 3.62. The summed E-state index contributed by atoms with van der Waals surface area (Å²) in [6, 6.07) is 3.79. The summed E-state index contributed by atoms with van der Waals surface area (Å²) in [6.07, 6.45) is 4.57. The van der Waals surface area contributed by atoms with Crippen molar-refractivity contribution in [3.63, 3.8) is 0 Å². The lowest BCUT2D eigenvalue weighted by atomic mass is 10.3. The molecule has 1 aliphatic rings. The van der Waals surface area contributed by atoms with Gasteiger partial charge in [-0.05, 0) is 26.1 Å². The van der Waals surface area contributed by atoms with E-state index in [0.717, 1.165) is 37.1 Å². The van der Waals surface area contributed by atoms with Crippen LogP contribution in [0, 0.1) is 0 Å². The summed E-state index contributed by atoms with van der Waals surface area (Å²) in [6.45, 7) is 6.05. The highest BCUT2D eigenvalue weighted by molar-refractivity contribution is 7.95. The number of hydrogen-bond acceptors (Lipinski definition) is 7. The minimum atomic E-state index is -0.296. The van der Waals surface area contributed by atoms with Crippen LogP contribution in [0.2, 0.25) is 0 Å². The summed E-state index contributed by atoms with van der Waals surface area (Å²) < 4.78 is 9.87. The lowest BCUT2D eigenvalue weighted by molar-refractivity contribution is -0.108. The summed E-state index contributed by atoms with van der Waals surface area (Å²) in [5.74, 6) is 0.690. The minimum Gasteiger partial charge on any atom is -0.481 e. The van der Waals surface area contributed by atoms with E-state index in [4.69, 9.17) is 10.5 Å². The van der Waals surface area contributed by atoms with Crippen LogP contribution >= 0.6 is 12.1 Å². The van der Waals surface area contributed by atoms with Gasteiger partial charge in [0.2, 0.25) is 5.88 Å². The van der Waals surface area contributed by atoms with Crippen molar-refractivity contribution >= 4 is 29.3 Å². The molecule has 2 aromatic rings. The molecule has 7 nitrogen and oxygen atoms in total. The quantitative estimate of drug-likeness (QED) is 0.656. The number of nitrogens with two attached hydrogens (primary N) is 1. The van der Waals surface area contributed by atoms with Gasteiger partial charge in [-0.15, -0.1) is 0 Å². The first kappa shape index (κ1) is 18.7. The molecule has 0 amide bonds. The van der Waals surface area contributed by atoms with E-state index in [9.17, 15) is 4.79 Å². The minimum absolute atomic E-state index is 0.296. The Balaban J connectivity index is 0.000000368. The average molecular weight is 351 g/mol. The van der Waals surface area contributed by atoms with E-state index in [2.05, 4.69) is 37.5 Å². The van der Waals surface area contributed by atoms with Crippen LogP contribution in [0.5, 0.6) is 5.88 Å². The fraction of sp³-hybridized carbons (Fsp3) is 0.500. The van der Waals surface area contributed by atoms with Gasteiger partial charge >= 0.3 is 0 Å². The van der Waals surface area contributed by atoms with Gasteiger partial charge in [-0.2, -0.15) is 0 Å². The maximum Gasteiger partial charge on any atom is 0.222 e. The van der Waals surface area contributed by atoms with Crippen LogP contribution in [0.1, 0.15) is 6.92 Å². The number of fused-ring (bicyclic) bond motifs is 1. The van der Waals surface area contributed by atoms with Gasteiger partial charge in [0.05, 0.1) is 24.1 Å². The molecule has 2 aromatic heterocycles. The van der Waals surface area contributed by atoms with Crippen molar-refractivity contribution < 1.29 is 9.53 Å². The molecular formula is C16H25N5O2S. The van der Waals surface area contributed by atoms with Gasteiger partial charge in [-0.25, -0.2) is 9.29 Å². The largest absolute Gasteiger partial charge is 0.481 e. The van der Waals surface area contributed by atoms with Crippen LogP contribution in [-0.4, -0.2) is 70.8 Å². The molecule has 1 saturated heterocycles. The number of piperazine rings is 1. The van der Waals surface area contributed by atoms with E-state index >= 15 is 0 Å². The lowest BCUT2D eigenvalue weighted by Crippen LogP contribution is -2.41. The standard InChI is InChI=1S/C13H18N4OS.C3H7NO/c1-15-7-9-16(10-8-15)19-17-6-4-11-12(17)3-5-14-13(11)18-2;1-3(4)2-5/h3-6H,7-10H2,1-2H3;2-3H,4H2,1H3. The molecule has 1 atom stereocenters. The fourth-order valence-corrected chi connectivity index (χ4v) is 3.18. The highest BCUT2D eigenvalue weighted by Gasteiger charge is 2.16. The average Bonchev–Trinajstić information content (AvgIpc) is 3.00. The summed E-state index contributed by atoms with van der Waals surface area (Å²) in [5.41, 5.74) is 6.07. The van der Waals surface area contributed by atoms with Gasteiger partial charge in [0, 0.05) is 50.7 Å². The Labute approximate surface area is 147 Å². The summed E-state index contributed by atoms with van der Waals surface area (Å²) in [4.78, 5) is 16.0. The highest BCUT2D eigenvalue weighted by atomic mass is 32.2. The molecule has 2 N–H and O–H groups in total. The first-order valence-electron chi connectivity index (χ1n) is 7.88. The van der Waals surface area contributed by atoms with Crippen LogP contribution in [0.15, 0.2) is 24.5 Å². The number of ether oxygens (including phenoxy) is 1. The smallest absolute Gasteiger partial charge is 0.222 e. The van der Waals surface area contributed by atoms with Crippen molar-refractivity contribution in [2.45, 2.75) is 13.0 Å². The maximum absolute atomic E-state index is 9.38. The number of hydrogen-bond donors (Lipinski definition) is 1. The molecule has 0 spiro atoms. The number of carbonyl (C=O) groups is 1. The van der Waals surface area contributed by atoms with Gasteiger partial charge in [-0.3, -0.25) is 3.97 Å². The van der Waals surface area contributed by atoms with Crippen molar-refractivity contribution in [3.05, 3.63) is 24.5 Å². The number of methoxy groups -OCH3 is 1. The predicted octanol–water partition coefficient (Wildman–Crippen LogP) is 1.24. The number of likely N-dealkylation sites (N-methyl/N-ethyl adjacent to an activating group) is 1. The number of aromatic nitrogens is 2. The predicted molar refractivity (Wildman–Crippen MR) is 98.1 cm³/mol. The monoisotopic (exact) mass is 351 g/mol. The number of rotatable bonds is 4. The van der Waals surface area contributed by atoms with E-state index in [1.807, 2.05) is 6.07 Å². The summed E-state index contributed by atoms with van der Waals surface area (Å²) in [5, 5.41) is 1.06. The first-order valence-corrected chi connectivity index (χ1v) is 8.61. The second-order valence-electron chi connectivity index (χ2n) is 5.70. The van der Waals surface area contributed by atoms with Crippen LogP contribution in [0.3, 0.4) is 0 Å². The highest BCUT2D eigenvalue weighted by Crippen LogP contribution is 2.28. The molecule has 1 aliphatic heterocycles. The maximum atomic E-state index is 9.38. The van der Waals surface area contributed by atoms with E-state index in [1.165, 1.54) is 0 Å². The zero-order valence-electron chi connectivity index (χ0n) is 14.4. The van der Waals surface area contributed by atoms with Crippen molar-refractivity contribution in [1.82, 2.24) is 18.2 Å². The topological polar surface area (TPSA) is 76.6 Å². The van der Waals surface area contributed by atoms with Crippen LogP contribution in [0.4, 0.5) is 0 Å². The molecule has 1 unspecified atom stereocenters. The summed E-state index contributed by atoms with van der Waals surface area (Å²) >= 11 is 1.76. The van der Waals surface area contributed by atoms with Crippen molar-refractivity contribution in [2.75, 3.05) is 40.3 Å². The number of aldehydes is 1. The summed E-state index contributed by atoms with van der Waals surface area (Å²) in [7, 11) is 3.83. The van der Waals surface area contributed by atoms with E-state index in [0.29, 0.717) is 12.2 Å². The molecule has 1 fully saturated rings. The Bertz CT molecular complexity index is 653. The van der Waals surface area contributed by atoms with Gasteiger partial charge in [0.1, 0.15) is 6.29 Å². The molecule has 8 heteroatoms.